The molecule has 3 heteroatoms. The fourth-order valence-electron chi connectivity index (χ4n) is 1.91. The maximum atomic E-state index is 6.11. The summed E-state index contributed by atoms with van der Waals surface area (Å²) in [6.07, 6.45) is 0. The van der Waals surface area contributed by atoms with E-state index >= 15 is 0 Å². The van der Waals surface area contributed by atoms with E-state index in [0.29, 0.717) is 0 Å². The summed E-state index contributed by atoms with van der Waals surface area (Å²) in [6, 6.07) is 8.07. The lowest BCUT2D eigenvalue weighted by Crippen LogP contribution is -2.31. The molecule has 0 saturated carbocycles. The molecule has 74 valence electrons. The Labute approximate surface area is 83.5 Å². The number of aromatic nitrogens is 2. The first-order valence-corrected chi connectivity index (χ1v) is 4.71. The second kappa shape index (κ2) is 2.82. The zero-order valence-electron chi connectivity index (χ0n) is 8.78. The third kappa shape index (κ3) is 1.30. The van der Waals surface area contributed by atoms with Crippen molar-refractivity contribution in [1.29, 1.82) is 0 Å². The maximum Gasteiger partial charge on any atom is 0.0926 e. The van der Waals surface area contributed by atoms with Gasteiger partial charge in [-0.1, -0.05) is 18.2 Å². The summed E-state index contributed by atoms with van der Waals surface area (Å²) in [6.45, 7) is 3.99. The van der Waals surface area contributed by atoms with Crippen molar-refractivity contribution < 1.29 is 0 Å². The predicted octanol–water partition coefficient (Wildman–Crippen LogP) is 1.77. The standard InChI is InChI=1S/C11H15N3/c1-11(2,12)10-8-6-4-5-7-9(8)13-14(10)3/h4-7H,12H2,1-3H3. The summed E-state index contributed by atoms with van der Waals surface area (Å²) in [5.41, 5.74) is 7.83. The van der Waals surface area contributed by atoms with Crippen LogP contribution in [0.3, 0.4) is 0 Å². The van der Waals surface area contributed by atoms with Crippen LogP contribution < -0.4 is 5.73 Å². The van der Waals surface area contributed by atoms with Gasteiger partial charge in [-0.2, -0.15) is 5.10 Å². The molecule has 0 radical (unpaired) electrons. The highest BCUT2D eigenvalue weighted by atomic mass is 15.3. The van der Waals surface area contributed by atoms with Crippen molar-refractivity contribution in [1.82, 2.24) is 9.78 Å². The zero-order chi connectivity index (χ0) is 10.3. The summed E-state index contributed by atoms with van der Waals surface area (Å²) < 4.78 is 1.87. The zero-order valence-corrected chi connectivity index (χ0v) is 8.78. The van der Waals surface area contributed by atoms with Gasteiger partial charge in [-0.3, -0.25) is 4.68 Å². The smallest absolute Gasteiger partial charge is 0.0926 e. The molecule has 0 atom stereocenters. The van der Waals surface area contributed by atoms with Crippen molar-refractivity contribution in [2.75, 3.05) is 0 Å². The van der Waals surface area contributed by atoms with Gasteiger partial charge in [-0.15, -0.1) is 0 Å². The van der Waals surface area contributed by atoms with E-state index in [1.807, 2.05) is 43.8 Å². The van der Waals surface area contributed by atoms with E-state index in [2.05, 4.69) is 11.2 Å². The van der Waals surface area contributed by atoms with Gasteiger partial charge in [0, 0.05) is 12.4 Å². The van der Waals surface area contributed by atoms with E-state index < -0.39 is 0 Å². The van der Waals surface area contributed by atoms with Crippen LogP contribution in [0.4, 0.5) is 0 Å². The minimum Gasteiger partial charge on any atom is -0.321 e. The van der Waals surface area contributed by atoms with Crippen LogP contribution in [0.2, 0.25) is 0 Å². The fourth-order valence-corrected chi connectivity index (χ4v) is 1.91. The third-order valence-electron chi connectivity index (χ3n) is 2.35. The first kappa shape index (κ1) is 9.21. The number of hydrogen-bond donors (Lipinski definition) is 1. The Morgan fingerprint density at radius 1 is 1.29 bits per heavy atom. The van der Waals surface area contributed by atoms with Crippen molar-refractivity contribution >= 4 is 10.9 Å². The Morgan fingerprint density at radius 3 is 2.57 bits per heavy atom. The molecule has 0 aliphatic carbocycles. The molecule has 0 aliphatic heterocycles. The Hall–Kier alpha value is -1.35. The quantitative estimate of drug-likeness (QED) is 0.743. The molecule has 1 aromatic carbocycles. The normalized spacial score (nSPS) is 12.3. The Bertz CT molecular complexity index is 463. The van der Waals surface area contributed by atoms with Crippen molar-refractivity contribution in [2.45, 2.75) is 19.4 Å². The molecule has 0 fully saturated rings. The van der Waals surface area contributed by atoms with Crippen LogP contribution in [0.1, 0.15) is 19.5 Å². The first-order valence-electron chi connectivity index (χ1n) is 4.71. The van der Waals surface area contributed by atoms with Crippen LogP contribution >= 0.6 is 0 Å². The Morgan fingerprint density at radius 2 is 1.93 bits per heavy atom. The third-order valence-corrected chi connectivity index (χ3v) is 2.35. The molecule has 0 spiro atoms. The number of nitrogens with zero attached hydrogens (tertiary/aromatic N) is 2. The average Bonchev–Trinajstić information content (AvgIpc) is 2.38. The molecule has 0 unspecified atom stereocenters. The lowest BCUT2D eigenvalue weighted by molar-refractivity contribution is 0.501. The molecule has 1 heterocycles. The molecule has 1 aromatic heterocycles. The minimum absolute atomic E-state index is 0.356. The van der Waals surface area contributed by atoms with Crippen LogP contribution in [-0.4, -0.2) is 9.78 Å². The second-order valence-electron chi connectivity index (χ2n) is 4.21. The van der Waals surface area contributed by atoms with E-state index in [9.17, 15) is 0 Å². The summed E-state index contributed by atoms with van der Waals surface area (Å²) in [5.74, 6) is 0. The van der Waals surface area contributed by atoms with E-state index in [1.54, 1.807) is 0 Å². The molecule has 0 amide bonds. The fraction of sp³-hybridized carbons (Fsp3) is 0.364. The van der Waals surface area contributed by atoms with Crippen molar-refractivity contribution in [3.63, 3.8) is 0 Å². The van der Waals surface area contributed by atoms with E-state index in [-0.39, 0.29) is 5.54 Å². The van der Waals surface area contributed by atoms with E-state index in [0.717, 1.165) is 16.6 Å². The van der Waals surface area contributed by atoms with Gasteiger partial charge in [-0.25, -0.2) is 0 Å². The highest BCUT2D eigenvalue weighted by Gasteiger charge is 2.21. The molecule has 0 bridgehead atoms. The Balaban J connectivity index is 2.81. The molecule has 3 nitrogen and oxygen atoms in total. The number of aryl methyl sites for hydroxylation is 1. The molecular formula is C11H15N3. The van der Waals surface area contributed by atoms with E-state index in [1.165, 1.54) is 0 Å². The molecule has 2 aromatic rings. The van der Waals surface area contributed by atoms with Gasteiger partial charge in [0.2, 0.25) is 0 Å². The summed E-state index contributed by atoms with van der Waals surface area (Å²) in [5, 5.41) is 5.56. The predicted molar refractivity (Wildman–Crippen MR) is 57.9 cm³/mol. The molecule has 0 saturated heterocycles. The van der Waals surface area contributed by atoms with E-state index in [4.69, 9.17) is 5.73 Å². The second-order valence-corrected chi connectivity index (χ2v) is 4.21. The van der Waals surface area contributed by atoms with Crippen LogP contribution in [0, 0.1) is 0 Å². The lowest BCUT2D eigenvalue weighted by Gasteiger charge is -2.19. The topological polar surface area (TPSA) is 43.8 Å². The number of fused-ring (bicyclic) bond motifs is 1. The SMILES string of the molecule is Cn1nc2ccccc2c1C(C)(C)N. The molecule has 14 heavy (non-hydrogen) atoms. The number of hydrogen-bond acceptors (Lipinski definition) is 2. The average molecular weight is 189 g/mol. The van der Waals surface area contributed by atoms with Gasteiger partial charge in [0.1, 0.15) is 0 Å². The largest absolute Gasteiger partial charge is 0.321 e. The first-order chi connectivity index (χ1) is 6.50. The molecular weight excluding hydrogens is 174 g/mol. The van der Waals surface area contributed by atoms with Crippen LogP contribution in [0.5, 0.6) is 0 Å². The van der Waals surface area contributed by atoms with Crippen molar-refractivity contribution in [3.05, 3.63) is 30.0 Å². The Kier molecular flexibility index (Phi) is 1.86. The van der Waals surface area contributed by atoms with Gasteiger partial charge in [0.15, 0.2) is 0 Å². The maximum absolute atomic E-state index is 6.11. The van der Waals surface area contributed by atoms with Gasteiger partial charge < -0.3 is 5.73 Å². The van der Waals surface area contributed by atoms with Gasteiger partial charge in [0.05, 0.1) is 16.7 Å². The number of benzene rings is 1. The van der Waals surface area contributed by atoms with Crippen LogP contribution in [0.15, 0.2) is 24.3 Å². The van der Waals surface area contributed by atoms with Gasteiger partial charge in [0.25, 0.3) is 0 Å². The summed E-state index contributed by atoms with van der Waals surface area (Å²) >= 11 is 0. The monoisotopic (exact) mass is 189 g/mol. The highest BCUT2D eigenvalue weighted by Crippen LogP contribution is 2.25. The lowest BCUT2D eigenvalue weighted by atomic mass is 9.98. The summed E-state index contributed by atoms with van der Waals surface area (Å²) in [7, 11) is 1.93. The highest BCUT2D eigenvalue weighted by molar-refractivity contribution is 5.82. The van der Waals surface area contributed by atoms with Crippen molar-refractivity contribution in [2.24, 2.45) is 12.8 Å². The molecule has 0 aliphatic rings. The number of rotatable bonds is 1. The van der Waals surface area contributed by atoms with Crippen LogP contribution in [-0.2, 0) is 12.6 Å². The van der Waals surface area contributed by atoms with Gasteiger partial charge >= 0.3 is 0 Å². The number of nitrogens with two attached hydrogens (primary N) is 1. The molecule has 2 N–H and O–H groups in total. The van der Waals surface area contributed by atoms with Gasteiger partial charge in [-0.05, 0) is 19.9 Å². The minimum atomic E-state index is -0.356. The molecule has 2 rings (SSSR count). The van der Waals surface area contributed by atoms with Crippen molar-refractivity contribution in [3.8, 4) is 0 Å². The summed E-state index contributed by atoms with van der Waals surface area (Å²) in [4.78, 5) is 0. The van der Waals surface area contributed by atoms with Crippen LogP contribution in [0.25, 0.3) is 10.9 Å².